The average Bonchev–Trinajstić information content (AvgIpc) is 3.36. The first-order valence-electron chi connectivity index (χ1n) is 10.4. The molecule has 1 aliphatic heterocycles. The number of carbonyl (C=O) groups is 2. The Morgan fingerprint density at radius 3 is 2.71 bits per heavy atom. The van der Waals surface area contributed by atoms with Gasteiger partial charge < -0.3 is 23.2 Å². The number of hydrogen-bond donors (Lipinski definition) is 0. The predicted octanol–water partition coefficient (Wildman–Crippen LogP) is 3.56. The van der Waals surface area contributed by atoms with Crippen molar-refractivity contribution in [1.82, 2.24) is 9.80 Å². The minimum Gasteiger partial charge on any atom is -0.490 e. The first-order valence-corrected chi connectivity index (χ1v) is 10.4. The molecule has 2 aromatic heterocycles. The van der Waals surface area contributed by atoms with E-state index in [0.29, 0.717) is 55.6 Å². The fourth-order valence-electron chi connectivity index (χ4n) is 3.79. The molecule has 3 aromatic rings. The lowest BCUT2D eigenvalue weighted by molar-refractivity contribution is 0.0560. The lowest BCUT2D eigenvalue weighted by Gasteiger charge is -2.20. The van der Waals surface area contributed by atoms with Gasteiger partial charge in [-0.25, -0.2) is 4.79 Å². The first kappa shape index (κ1) is 21.0. The Morgan fingerprint density at radius 2 is 1.90 bits per heavy atom. The van der Waals surface area contributed by atoms with Crippen LogP contribution in [0.25, 0.3) is 11.0 Å². The van der Waals surface area contributed by atoms with Crippen molar-refractivity contribution in [3.63, 3.8) is 0 Å². The molecule has 8 nitrogen and oxygen atoms in total. The molecule has 3 heterocycles. The molecule has 0 N–H and O–H groups in total. The number of fused-ring (bicyclic) bond motifs is 1. The number of para-hydroxylation sites is 1. The number of ether oxygens (including phenoxy) is 2. The zero-order valence-electron chi connectivity index (χ0n) is 17.8. The number of methoxy groups -OCH3 is 1. The molecule has 0 spiro atoms. The summed E-state index contributed by atoms with van der Waals surface area (Å²) in [5.41, 5.74) is 0.600. The summed E-state index contributed by atoms with van der Waals surface area (Å²) in [5, 5.41) is 0.852. The van der Waals surface area contributed by atoms with Crippen molar-refractivity contribution in [1.29, 1.82) is 0 Å². The highest BCUT2D eigenvalue weighted by atomic mass is 16.5. The van der Waals surface area contributed by atoms with E-state index in [9.17, 15) is 9.59 Å². The van der Waals surface area contributed by atoms with Gasteiger partial charge in [0.2, 0.25) is 5.76 Å². The van der Waals surface area contributed by atoms with Gasteiger partial charge in [0.1, 0.15) is 5.76 Å². The van der Waals surface area contributed by atoms with Crippen LogP contribution in [0.2, 0.25) is 0 Å². The van der Waals surface area contributed by atoms with Crippen molar-refractivity contribution in [2.75, 3.05) is 39.9 Å². The van der Waals surface area contributed by atoms with Gasteiger partial charge in [0.15, 0.2) is 17.1 Å². The minimum absolute atomic E-state index is 0.119. The van der Waals surface area contributed by atoms with Crippen LogP contribution in [0.5, 0.6) is 5.75 Å². The number of nitrogens with zero attached hydrogens (tertiary/aromatic N) is 2. The fraction of sp³-hybridized carbons (Fsp3) is 0.391. The second-order valence-corrected chi connectivity index (χ2v) is 7.40. The highest BCUT2D eigenvalue weighted by Gasteiger charge is 2.24. The van der Waals surface area contributed by atoms with Gasteiger partial charge in [0, 0.05) is 31.6 Å². The Hall–Kier alpha value is -3.26. The molecule has 1 fully saturated rings. The summed E-state index contributed by atoms with van der Waals surface area (Å²) < 4.78 is 21.7. The Bertz CT molecular complexity index is 1070. The maximum atomic E-state index is 13.1. The molecule has 0 atom stereocenters. The minimum atomic E-state index is -0.489. The second kappa shape index (κ2) is 9.26. The fourth-order valence-corrected chi connectivity index (χ4v) is 3.79. The molecular formula is C23H26N2O6. The maximum absolute atomic E-state index is 13.1. The van der Waals surface area contributed by atoms with Gasteiger partial charge in [-0.2, -0.15) is 0 Å². The smallest absolute Gasteiger partial charge is 0.373 e. The molecule has 4 rings (SSSR count). The van der Waals surface area contributed by atoms with Gasteiger partial charge >= 0.3 is 5.97 Å². The molecule has 8 heteroatoms. The molecule has 1 aromatic carbocycles. The number of benzene rings is 1. The highest BCUT2D eigenvalue weighted by molar-refractivity contribution is 5.97. The molecule has 0 bridgehead atoms. The average molecular weight is 426 g/mol. The standard InChI is InChI=1S/C23H26N2O6/c1-3-29-18-7-4-6-16-14-20(31-21(16)18)22(26)25-11-5-10-24(12-13-25)15-17-8-9-19(30-17)23(27)28-2/h4,6-9,14H,3,5,10-13,15H2,1-2H3. The second-order valence-electron chi connectivity index (χ2n) is 7.40. The Labute approximate surface area is 180 Å². The van der Waals surface area contributed by atoms with Crippen LogP contribution in [0.3, 0.4) is 0 Å². The lowest BCUT2D eigenvalue weighted by Crippen LogP contribution is -2.34. The molecular weight excluding hydrogens is 400 g/mol. The van der Waals surface area contributed by atoms with Crippen LogP contribution in [-0.4, -0.2) is 61.6 Å². The van der Waals surface area contributed by atoms with E-state index >= 15 is 0 Å². The number of hydrogen-bond acceptors (Lipinski definition) is 7. The van der Waals surface area contributed by atoms with E-state index in [0.717, 1.165) is 18.4 Å². The third-order valence-corrected chi connectivity index (χ3v) is 5.32. The third kappa shape index (κ3) is 4.59. The number of rotatable bonds is 6. The first-order chi connectivity index (χ1) is 15.1. The zero-order valence-corrected chi connectivity index (χ0v) is 17.8. The summed E-state index contributed by atoms with van der Waals surface area (Å²) in [6, 6.07) is 10.8. The molecule has 164 valence electrons. The van der Waals surface area contributed by atoms with E-state index in [1.54, 1.807) is 18.2 Å². The summed E-state index contributed by atoms with van der Waals surface area (Å²) in [6.45, 7) is 5.77. The molecule has 1 amide bonds. The number of carbonyl (C=O) groups excluding carboxylic acids is 2. The Kier molecular flexibility index (Phi) is 6.27. The van der Waals surface area contributed by atoms with Gasteiger partial charge in [0.25, 0.3) is 5.91 Å². The molecule has 0 radical (unpaired) electrons. The van der Waals surface area contributed by atoms with Crippen molar-refractivity contribution in [2.24, 2.45) is 0 Å². The van der Waals surface area contributed by atoms with Crippen molar-refractivity contribution < 1.29 is 27.9 Å². The van der Waals surface area contributed by atoms with E-state index in [1.807, 2.05) is 30.0 Å². The van der Waals surface area contributed by atoms with Crippen molar-refractivity contribution in [3.05, 3.63) is 53.7 Å². The number of amides is 1. The van der Waals surface area contributed by atoms with E-state index in [1.165, 1.54) is 7.11 Å². The van der Waals surface area contributed by atoms with Crippen molar-refractivity contribution in [3.8, 4) is 5.75 Å². The van der Waals surface area contributed by atoms with Crippen LogP contribution in [0, 0.1) is 0 Å². The predicted molar refractivity (Wildman–Crippen MR) is 113 cm³/mol. The summed E-state index contributed by atoms with van der Waals surface area (Å²) in [7, 11) is 1.32. The van der Waals surface area contributed by atoms with Crippen molar-refractivity contribution in [2.45, 2.75) is 19.9 Å². The van der Waals surface area contributed by atoms with Crippen LogP contribution < -0.4 is 4.74 Å². The molecule has 1 aliphatic rings. The SMILES string of the molecule is CCOc1cccc2cc(C(=O)N3CCCN(Cc4ccc(C(=O)OC)o4)CC3)oc12. The van der Waals surface area contributed by atoms with E-state index < -0.39 is 5.97 Å². The zero-order chi connectivity index (χ0) is 21.8. The Morgan fingerprint density at radius 1 is 1.03 bits per heavy atom. The maximum Gasteiger partial charge on any atom is 0.373 e. The Balaban J connectivity index is 1.41. The van der Waals surface area contributed by atoms with Gasteiger partial charge in [-0.1, -0.05) is 12.1 Å². The highest BCUT2D eigenvalue weighted by Crippen LogP contribution is 2.29. The van der Waals surface area contributed by atoms with Crippen LogP contribution in [-0.2, 0) is 11.3 Å². The molecule has 1 saturated heterocycles. The van der Waals surface area contributed by atoms with Crippen molar-refractivity contribution >= 4 is 22.8 Å². The van der Waals surface area contributed by atoms with Crippen LogP contribution in [0.15, 0.2) is 45.2 Å². The number of esters is 1. The van der Waals surface area contributed by atoms with Gasteiger partial charge in [-0.15, -0.1) is 0 Å². The monoisotopic (exact) mass is 426 g/mol. The van der Waals surface area contributed by atoms with Gasteiger partial charge in [-0.3, -0.25) is 9.69 Å². The van der Waals surface area contributed by atoms with E-state index in [4.69, 9.17) is 13.6 Å². The molecule has 0 aliphatic carbocycles. The summed E-state index contributed by atoms with van der Waals surface area (Å²) in [5.74, 6) is 1.25. The van der Waals surface area contributed by atoms with Gasteiger partial charge in [-0.05, 0) is 37.6 Å². The largest absolute Gasteiger partial charge is 0.490 e. The van der Waals surface area contributed by atoms with E-state index in [-0.39, 0.29) is 11.7 Å². The van der Waals surface area contributed by atoms with Crippen LogP contribution in [0.4, 0.5) is 0 Å². The number of furan rings is 2. The van der Waals surface area contributed by atoms with E-state index in [2.05, 4.69) is 9.64 Å². The van der Waals surface area contributed by atoms with Gasteiger partial charge in [0.05, 0.1) is 20.3 Å². The molecule has 31 heavy (non-hydrogen) atoms. The molecule has 0 unspecified atom stereocenters. The van der Waals surface area contributed by atoms with Crippen LogP contribution >= 0.6 is 0 Å². The topological polar surface area (TPSA) is 85.4 Å². The van der Waals surface area contributed by atoms with Crippen LogP contribution in [0.1, 0.15) is 40.2 Å². The summed E-state index contributed by atoms with van der Waals surface area (Å²) >= 11 is 0. The third-order valence-electron chi connectivity index (χ3n) is 5.32. The molecule has 0 saturated carbocycles. The normalized spacial score (nSPS) is 15.1. The lowest BCUT2D eigenvalue weighted by atomic mass is 10.2. The quantitative estimate of drug-likeness (QED) is 0.557. The summed E-state index contributed by atoms with van der Waals surface area (Å²) in [6.07, 6.45) is 0.834. The summed E-state index contributed by atoms with van der Waals surface area (Å²) in [4.78, 5) is 28.7.